The molecule has 0 aromatic heterocycles. The van der Waals surface area contributed by atoms with Crippen molar-refractivity contribution >= 4 is 12.1 Å². The molecule has 2 rings (SSSR count). The van der Waals surface area contributed by atoms with Crippen molar-refractivity contribution in [3.63, 3.8) is 0 Å². The molecule has 0 unspecified atom stereocenters. The number of hydrogen-bond donors (Lipinski definition) is 0. The van der Waals surface area contributed by atoms with Gasteiger partial charge in [-0.2, -0.15) is 0 Å². The highest BCUT2D eigenvalue weighted by Crippen LogP contribution is 2.36. The van der Waals surface area contributed by atoms with Crippen molar-refractivity contribution in [1.82, 2.24) is 4.90 Å². The summed E-state index contributed by atoms with van der Waals surface area (Å²) < 4.78 is 10.1. The zero-order chi connectivity index (χ0) is 15.5. The summed E-state index contributed by atoms with van der Waals surface area (Å²) in [7, 11) is 1.37. The molecular weight excluding hydrogens is 270 g/mol. The first-order chi connectivity index (χ1) is 9.97. The summed E-state index contributed by atoms with van der Waals surface area (Å²) in [6.07, 6.45) is -0.390. The number of methoxy groups -OCH3 is 1. The lowest BCUT2D eigenvalue weighted by atomic mass is 9.81. The molecule has 0 aliphatic carbocycles. The van der Waals surface area contributed by atoms with Crippen LogP contribution in [-0.4, -0.2) is 37.2 Å². The van der Waals surface area contributed by atoms with E-state index in [9.17, 15) is 9.59 Å². The molecule has 0 saturated carbocycles. The van der Waals surface area contributed by atoms with E-state index in [1.54, 1.807) is 4.90 Å². The molecule has 0 bridgehead atoms. The molecule has 1 aliphatic rings. The van der Waals surface area contributed by atoms with Crippen molar-refractivity contribution < 1.29 is 19.1 Å². The molecule has 0 radical (unpaired) electrons. The molecular formula is C16H21NO4. The van der Waals surface area contributed by atoms with Crippen LogP contribution in [-0.2, 0) is 20.9 Å². The molecule has 1 saturated heterocycles. The second-order valence-corrected chi connectivity index (χ2v) is 5.73. The van der Waals surface area contributed by atoms with Crippen molar-refractivity contribution in [2.45, 2.75) is 20.5 Å². The van der Waals surface area contributed by atoms with Gasteiger partial charge in [-0.25, -0.2) is 4.79 Å². The normalized spacial score (nSPS) is 24.7. The summed E-state index contributed by atoms with van der Waals surface area (Å²) in [5.41, 5.74) is 0.273. The maximum absolute atomic E-state index is 12.1. The van der Waals surface area contributed by atoms with Gasteiger partial charge in [0.15, 0.2) is 0 Å². The minimum absolute atomic E-state index is 0.0363. The first-order valence-corrected chi connectivity index (χ1v) is 7.01. The summed E-state index contributed by atoms with van der Waals surface area (Å²) in [6, 6.07) is 9.51. The Kier molecular flexibility index (Phi) is 4.50. The van der Waals surface area contributed by atoms with E-state index in [2.05, 4.69) is 0 Å². The Morgan fingerprint density at radius 2 is 2.00 bits per heavy atom. The second-order valence-electron chi connectivity index (χ2n) is 5.73. The van der Waals surface area contributed by atoms with Crippen LogP contribution >= 0.6 is 0 Å². The topological polar surface area (TPSA) is 55.8 Å². The number of likely N-dealkylation sites (tertiary alicyclic amines) is 1. The van der Waals surface area contributed by atoms with Crippen LogP contribution in [0.25, 0.3) is 0 Å². The van der Waals surface area contributed by atoms with Crippen molar-refractivity contribution in [1.29, 1.82) is 0 Å². The lowest BCUT2D eigenvalue weighted by Crippen LogP contribution is -2.37. The fourth-order valence-corrected chi connectivity index (χ4v) is 2.60. The molecule has 21 heavy (non-hydrogen) atoms. The predicted octanol–water partition coefficient (Wildman–Crippen LogP) is 2.45. The van der Waals surface area contributed by atoms with Gasteiger partial charge in [0.1, 0.15) is 6.61 Å². The van der Waals surface area contributed by atoms with Crippen LogP contribution in [0.1, 0.15) is 19.4 Å². The lowest BCUT2D eigenvalue weighted by molar-refractivity contribution is -0.152. The van der Waals surface area contributed by atoms with Crippen molar-refractivity contribution in [3.8, 4) is 0 Å². The first kappa shape index (κ1) is 15.4. The van der Waals surface area contributed by atoms with E-state index < -0.39 is 11.5 Å². The number of rotatable bonds is 3. The minimum Gasteiger partial charge on any atom is -0.469 e. The monoisotopic (exact) mass is 291 g/mol. The van der Waals surface area contributed by atoms with Crippen LogP contribution in [0, 0.1) is 11.3 Å². The van der Waals surface area contributed by atoms with Crippen LogP contribution in [0.3, 0.4) is 0 Å². The van der Waals surface area contributed by atoms with Crippen LogP contribution in [0.2, 0.25) is 0 Å². The quantitative estimate of drug-likeness (QED) is 0.803. The fourth-order valence-electron chi connectivity index (χ4n) is 2.60. The molecule has 1 aromatic rings. The maximum atomic E-state index is 12.1. The lowest BCUT2D eigenvalue weighted by Gasteiger charge is -2.24. The number of carbonyl (C=O) groups is 2. The number of benzene rings is 1. The Labute approximate surface area is 124 Å². The molecule has 5 nitrogen and oxygen atoms in total. The van der Waals surface area contributed by atoms with Crippen molar-refractivity contribution in [3.05, 3.63) is 35.9 Å². The Morgan fingerprint density at radius 1 is 1.33 bits per heavy atom. The molecule has 1 heterocycles. The standard InChI is InChI=1S/C16H21NO4/c1-12-9-17(11-16(12,2)14(18)20-3)15(19)21-10-13-7-5-4-6-8-13/h4-8,12H,9-11H2,1-3H3/t12-,16+/m0/s1. The zero-order valence-electron chi connectivity index (χ0n) is 12.7. The Bertz CT molecular complexity index is 516. The molecule has 0 spiro atoms. The van der Waals surface area contributed by atoms with Gasteiger partial charge in [-0.3, -0.25) is 4.79 Å². The van der Waals surface area contributed by atoms with E-state index in [1.165, 1.54) is 7.11 Å². The molecule has 114 valence electrons. The SMILES string of the molecule is COC(=O)[C@]1(C)CN(C(=O)OCc2ccccc2)C[C@@H]1C. The largest absolute Gasteiger partial charge is 0.469 e. The molecule has 1 aromatic carbocycles. The maximum Gasteiger partial charge on any atom is 0.410 e. The third-order valence-corrected chi connectivity index (χ3v) is 4.22. The van der Waals surface area contributed by atoms with E-state index in [-0.39, 0.29) is 18.5 Å². The average molecular weight is 291 g/mol. The summed E-state index contributed by atoms with van der Waals surface area (Å²) in [5, 5.41) is 0. The number of carbonyl (C=O) groups excluding carboxylic acids is 2. The minimum atomic E-state index is -0.666. The highest BCUT2D eigenvalue weighted by atomic mass is 16.6. The highest BCUT2D eigenvalue weighted by molar-refractivity contribution is 5.79. The van der Waals surface area contributed by atoms with Gasteiger partial charge in [0.05, 0.1) is 12.5 Å². The molecule has 2 atom stereocenters. The van der Waals surface area contributed by atoms with Gasteiger partial charge in [-0.05, 0) is 18.4 Å². The van der Waals surface area contributed by atoms with Gasteiger partial charge in [0, 0.05) is 13.1 Å². The van der Waals surface area contributed by atoms with E-state index in [4.69, 9.17) is 9.47 Å². The predicted molar refractivity (Wildman–Crippen MR) is 77.5 cm³/mol. The number of ether oxygens (including phenoxy) is 2. The Morgan fingerprint density at radius 3 is 2.62 bits per heavy atom. The summed E-state index contributed by atoms with van der Waals surface area (Å²) in [5.74, 6) is -0.248. The van der Waals surface area contributed by atoms with E-state index in [0.717, 1.165) is 5.56 Å². The van der Waals surface area contributed by atoms with Gasteiger partial charge >= 0.3 is 12.1 Å². The van der Waals surface area contributed by atoms with Crippen molar-refractivity contribution in [2.24, 2.45) is 11.3 Å². The third kappa shape index (κ3) is 3.17. The summed E-state index contributed by atoms with van der Waals surface area (Å²) in [6.45, 7) is 4.84. The number of esters is 1. The van der Waals surface area contributed by atoms with Crippen LogP contribution in [0.15, 0.2) is 30.3 Å². The van der Waals surface area contributed by atoms with Gasteiger partial charge in [0.25, 0.3) is 0 Å². The molecule has 0 N–H and O–H groups in total. The highest BCUT2D eigenvalue weighted by Gasteiger charge is 2.49. The number of nitrogens with zero attached hydrogens (tertiary/aromatic N) is 1. The molecule has 5 heteroatoms. The van der Waals surface area contributed by atoms with Gasteiger partial charge < -0.3 is 14.4 Å². The molecule has 1 aliphatic heterocycles. The Hall–Kier alpha value is -2.04. The molecule has 1 amide bonds. The zero-order valence-corrected chi connectivity index (χ0v) is 12.7. The average Bonchev–Trinajstić information content (AvgIpc) is 2.82. The van der Waals surface area contributed by atoms with Crippen LogP contribution in [0.5, 0.6) is 0 Å². The summed E-state index contributed by atoms with van der Waals surface area (Å²) in [4.78, 5) is 25.6. The van der Waals surface area contributed by atoms with E-state index >= 15 is 0 Å². The fraction of sp³-hybridized carbons (Fsp3) is 0.500. The van der Waals surface area contributed by atoms with E-state index in [1.807, 2.05) is 44.2 Å². The number of amides is 1. The van der Waals surface area contributed by atoms with Gasteiger partial charge in [-0.1, -0.05) is 37.3 Å². The molecule has 1 fully saturated rings. The smallest absolute Gasteiger partial charge is 0.410 e. The third-order valence-electron chi connectivity index (χ3n) is 4.22. The van der Waals surface area contributed by atoms with Crippen LogP contribution < -0.4 is 0 Å². The second kappa shape index (κ2) is 6.16. The number of hydrogen-bond acceptors (Lipinski definition) is 4. The van der Waals surface area contributed by atoms with Crippen molar-refractivity contribution in [2.75, 3.05) is 20.2 Å². The van der Waals surface area contributed by atoms with Gasteiger partial charge in [0.2, 0.25) is 0 Å². The van der Waals surface area contributed by atoms with Crippen LogP contribution in [0.4, 0.5) is 4.79 Å². The first-order valence-electron chi connectivity index (χ1n) is 7.01. The van der Waals surface area contributed by atoms with Gasteiger partial charge in [-0.15, -0.1) is 0 Å². The van der Waals surface area contributed by atoms with E-state index in [0.29, 0.717) is 13.1 Å². The Balaban J connectivity index is 1.94. The summed E-state index contributed by atoms with van der Waals surface area (Å²) >= 11 is 0.